The first-order valence-electron chi connectivity index (χ1n) is 10.9. The highest BCUT2D eigenvalue weighted by atomic mass is 32.2. The Morgan fingerprint density at radius 3 is 2.15 bits per heavy atom. The second kappa shape index (κ2) is 9.95. The Hall–Kier alpha value is -2.22. The summed E-state index contributed by atoms with van der Waals surface area (Å²) >= 11 is 0. The minimum atomic E-state index is -3.90. The summed E-state index contributed by atoms with van der Waals surface area (Å²) in [5, 5.41) is 11.7. The SMILES string of the molecule is CCN(CC)S(=O)(=O)c1ccc(S(=O)(=O)N2CCCC(C(=O)NC3CN(C(=O)O)C3)C2)cc1. The molecule has 1 unspecified atom stereocenters. The number of carbonyl (C=O) groups is 2. The number of nitrogens with zero attached hydrogens (tertiary/aromatic N) is 3. The lowest BCUT2D eigenvalue weighted by atomic mass is 9.97. The molecule has 2 heterocycles. The van der Waals surface area contributed by atoms with E-state index in [9.17, 15) is 26.4 Å². The van der Waals surface area contributed by atoms with Crippen molar-refractivity contribution in [1.82, 2.24) is 18.8 Å². The van der Waals surface area contributed by atoms with Gasteiger partial charge in [-0.1, -0.05) is 13.8 Å². The fourth-order valence-corrected chi connectivity index (χ4v) is 7.05. The number of likely N-dealkylation sites (tertiary alicyclic amines) is 1. The zero-order valence-corrected chi connectivity index (χ0v) is 20.3. The zero-order valence-electron chi connectivity index (χ0n) is 18.7. The molecule has 2 aliphatic heterocycles. The van der Waals surface area contributed by atoms with Crippen molar-refractivity contribution in [2.45, 2.75) is 42.5 Å². The third kappa shape index (κ3) is 5.31. The van der Waals surface area contributed by atoms with Crippen LogP contribution in [-0.4, -0.2) is 92.8 Å². The van der Waals surface area contributed by atoms with Gasteiger partial charge in [0.15, 0.2) is 0 Å². The molecule has 1 aromatic carbocycles. The number of nitrogens with one attached hydrogen (secondary N) is 1. The Balaban J connectivity index is 1.67. The van der Waals surface area contributed by atoms with Crippen LogP contribution in [0.3, 0.4) is 0 Å². The first kappa shape index (κ1) is 25.4. The molecule has 2 aliphatic rings. The summed E-state index contributed by atoms with van der Waals surface area (Å²) < 4.78 is 54.1. The van der Waals surface area contributed by atoms with Crippen LogP contribution >= 0.6 is 0 Å². The van der Waals surface area contributed by atoms with Crippen LogP contribution in [0.4, 0.5) is 4.79 Å². The van der Waals surface area contributed by atoms with E-state index in [1.54, 1.807) is 13.8 Å². The highest BCUT2D eigenvalue weighted by Gasteiger charge is 2.37. The van der Waals surface area contributed by atoms with Crippen LogP contribution in [0, 0.1) is 5.92 Å². The summed E-state index contributed by atoms with van der Waals surface area (Å²) in [6.07, 6.45) is 0.0118. The van der Waals surface area contributed by atoms with Gasteiger partial charge in [-0.25, -0.2) is 21.6 Å². The van der Waals surface area contributed by atoms with Crippen LogP contribution in [0.15, 0.2) is 34.1 Å². The van der Waals surface area contributed by atoms with Crippen LogP contribution in [0.5, 0.6) is 0 Å². The van der Waals surface area contributed by atoms with Crippen molar-refractivity contribution in [2.75, 3.05) is 39.3 Å². The quantitative estimate of drug-likeness (QED) is 0.529. The summed E-state index contributed by atoms with van der Waals surface area (Å²) in [6.45, 7) is 4.81. The number of carboxylic acid groups (broad SMARTS) is 1. The van der Waals surface area contributed by atoms with E-state index in [2.05, 4.69) is 5.32 Å². The summed E-state index contributed by atoms with van der Waals surface area (Å²) in [5.41, 5.74) is 0. The molecule has 0 aliphatic carbocycles. The van der Waals surface area contributed by atoms with E-state index in [1.807, 2.05) is 0 Å². The smallest absolute Gasteiger partial charge is 0.407 e. The maximum Gasteiger partial charge on any atom is 0.407 e. The summed E-state index contributed by atoms with van der Waals surface area (Å²) in [5.74, 6) is -0.819. The van der Waals surface area contributed by atoms with Gasteiger partial charge in [0.2, 0.25) is 26.0 Å². The van der Waals surface area contributed by atoms with Gasteiger partial charge >= 0.3 is 6.09 Å². The molecule has 2 amide bonds. The van der Waals surface area contributed by atoms with Crippen LogP contribution in [0.2, 0.25) is 0 Å². The monoisotopic (exact) mass is 502 g/mol. The molecule has 3 rings (SSSR count). The topological polar surface area (TPSA) is 144 Å². The van der Waals surface area contributed by atoms with Gasteiger partial charge in [0.1, 0.15) is 0 Å². The van der Waals surface area contributed by atoms with Crippen molar-refractivity contribution in [1.29, 1.82) is 0 Å². The summed E-state index contributed by atoms with van der Waals surface area (Å²) in [7, 11) is -7.60. The number of hydrogen-bond acceptors (Lipinski definition) is 6. The van der Waals surface area contributed by atoms with Gasteiger partial charge in [0, 0.05) is 39.3 Å². The molecular formula is C20H30N4O7S2. The first-order valence-corrected chi connectivity index (χ1v) is 13.8. The zero-order chi connectivity index (χ0) is 24.4. The van der Waals surface area contributed by atoms with E-state index >= 15 is 0 Å². The number of benzene rings is 1. The molecule has 0 radical (unpaired) electrons. The van der Waals surface area contributed by atoms with Crippen LogP contribution in [-0.2, 0) is 24.8 Å². The third-order valence-electron chi connectivity index (χ3n) is 6.06. The van der Waals surface area contributed by atoms with Crippen molar-refractivity contribution in [3.05, 3.63) is 24.3 Å². The lowest BCUT2D eigenvalue weighted by molar-refractivity contribution is -0.127. The standard InChI is InChI=1S/C20H30N4O7S2/c1-3-23(4-2)32(28,29)17-7-9-18(10-8-17)33(30,31)24-11-5-6-15(12-24)19(25)21-16-13-22(14-16)20(26)27/h7-10,15-16H,3-6,11-14H2,1-2H3,(H,21,25)(H,26,27). The van der Waals surface area contributed by atoms with Crippen molar-refractivity contribution < 1.29 is 31.5 Å². The maximum absolute atomic E-state index is 13.1. The van der Waals surface area contributed by atoms with Crippen molar-refractivity contribution >= 4 is 32.0 Å². The molecule has 0 saturated carbocycles. The van der Waals surface area contributed by atoms with Crippen molar-refractivity contribution in [3.8, 4) is 0 Å². The number of carbonyl (C=O) groups excluding carboxylic acids is 1. The Bertz CT molecular complexity index is 1080. The molecule has 1 atom stereocenters. The Morgan fingerprint density at radius 1 is 1.03 bits per heavy atom. The minimum Gasteiger partial charge on any atom is -0.465 e. The van der Waals surface area contributed by atoms with E-state index in [0.717, 1.165) is 0 Å². The van der Waals surface area contributed by atoms with Gasteiger partial charge in [-0.3, -0.25) is 4.79 Å². The number of sulfonamides is 2. The van der Waals surface area contributed by atoms with E-state index in [1.165, 1.54) is 37.8 Å². The number of amides is 2. The molecule has 184 valence electrons. The van der Waals surface area contributed by atoms with Crippen LogP contribution in [0.1, 0.15) is 26.7 Å². The summed E-state index contributed by atoms with van der Waals surface area (Å²) in [4.78, 5) is 24.6. The molecule has 11 nitrogen and oxygen atoms in total. The average molecular weight is 503 g/mol. The predicted molar refractivity (Wildman–Crippen MR) is 120 cm³/mol. The molecule has 0 spiro atoms. The van der Waals surface area contributed by atoms with Gasteiger partial charge < -0.3 is 15.3 Å². The third-order valence-corrected chi connectivity index (χ3v) is 10.0. The van der Waals surface area contributed by atoms with E-state index in [4.69, 9.17) is 5.11 Å². The Labute approximate surface area is 194 Å². The van der Waals surface area contributed by atoms with Crippen molar-refractivity contribution in [2.24, 2.45) is 5.92 Å². The molecule has 0 aromatic heterocycles. The van der Waals surface area contributed by atoms with Gasteiger partial charge in [-0.15, -0.1) is 0 Å². The number of hydrogen-bond donors (Lipinski definition) is 2. The molecule has 1 aromatic rings. The molecule has 0 bridgehead atoms. The largest absolute Gasteiger partial charge is 0.465 e. The second-order valence-corrected chi connectivity index (χ2v) is 12.0. The average Bonchev–Trinajstić information content (AvgIpc) is 2.76. The molecule has 13 heteroatoms. The van der Waals surface area contributed by atoms with Gasteiger partial charge in [-0.05, 0) is 37.1 Å². The molecular weight excluding hydrogens is 472 g/mol. The van der Waals surface area contributed by atoms with E-state index in [0.29, 0.717) is 25.9 Å². The molecule has 2 N–H and O–H groups in total. The van der Waals surface area contributed by atoms with Gasteiger partial charge in [0.25, 0.3) is 0 Å². The highest BCUT2D eigenvalue weighted by molar-refractivity contribution is 7.89. The van der Waals surface area contributed by atoms with E-state index < -0.39 is 32.1 Å². The maximum atomic E-state index is 13.1. The summed E-state index contributed by atoms with van der Waals surface area (Å²) in [6, 6.07) is 4.88. The highest BCUT2D eigenvalue weighted by Crippen LogP contribution is 2.26. The molecule has 33 heavy (non-hydrogen) atoms. The molecule has 2 fully saturated rings. The Morgan fingerprint density at radius 2 is 1.61 bits per heavy atom. The van der Waals surface area contributed by atoms with E-state index in [-0.39, 0.29) is 47.9 Å². The lowest BCUT2D eigenvalue weighted by Gasteiger charge is -2.39. The second-order valence-electron chi connectivity index (χ2n) is 8.16. The molecule has 2 saturated heterocycles. The minimum absolute atomic E-state index is 0.0169. The first-order chi connectivity index (χ1) is 15.5. The fourth-order valence-electron chi connectivity index (χ4n) is 4.07. The van der Waals surface area contributed by atoms with Gasteiger partial charge in [-0.2, -0.15) is 8.61 Å². The predicted octanol–water partition coefficient (Wildman–Crippen LogP) is 0.596. The fraction of sp³-hybridized carbons (Fsp3) is 0.600. The van der Waals surface area contributed by atoms with Gasteiger partial charge in [0.05, 0.1) is 21.8 Å². The van der Waals surface area contributed by atoms with Crippen molar-refractivity contribution in [3.63, 3.8) is 0 Å². The van der Waals surface area contributed by atoms with Crippen LogP contribution < -0.4 is 5.32 Å². The Kier molecular flexibility index (Phi) is 7.66. The number of rotatable bonds is 8. The van der Waals surface area contributed by atoms with Crippen LogP contribution in [0.25, 0.3) is 0 Å². The normalized spacial score (nSPS) is 20.5. The number of piperidine rings is 1. The lowest BCUT2D eigenvalue weighted by Crippen LogP contribution is -2.62.